The number of carbonyl (C=O) groups is 2. The average molecular weight is 328 g/mol. The second-order valence-corrected chi connectivity index (χ2v) is 6.57. The molecule has 0 radical (unpaired) electrons. The molecule has 7 nitrogen and oxygen atoms in total. The van der Waals surface area contributed by atoms with Crippen molar-refractivity contribution in [1.29, 1.82) is 0 Å². The van der Waals surface area contributed by atoms with Gasteiger partial charge in [-0.3, -0.25) is 14.5 Å². The van der Waals surface area contributed by atoms with Gasteiger partial charge in [-0.1, -0.05) is 0 Å². The van der Waals surface area contributed by atoms with E-state index in [1.54, 1.807) is 19.1 Å². The number of morpholine rings is 1. The number of rotatable bonds is 1. The Bertz CT molecular complexity index is 754. The number of amides is 1. The first-order valence-corrected chi connectivity index (χ1v) is 8.14. The highest BCUT2D eigenvalue weighted by molar-refractivity contribution is 6.17. The molecule has 1 saturated heterocycles. The normalized spacial score (nSPS) is 25.8. The van der Waals surface area contributed by atoms with Crippen molar-refractivity contribution < 1.29 is 14.3 Å². The molecule has 4 rings (SSSR count). The zero-order valence-corrected chi connectivity index (χ0v) is 13.8. The second kappa shape index (κ2) is 5.31. The van der Waals surface area contributed by atoms with Crippen molar-refractivity contribution in [3.8, 4) is 0 Å². The molecule has 1 aromatic rings. The summed E-state index contributed by atoms with van der Waals surface area (Å²) in [4.78, 5) is 33.3. The van der Waals surface area contributed by atoms with E-state index in [1.165, 1.54) is 0 Å². The molecule has 24 heavy (non-hydrogen) atoms. The van der Waals surface area contributed by atoms with E-state index in [9.17, 15) is 9.59 Å². The summed E-state index contributed by atoms with van der Waals surface area (Å²) in [6.45, 7) is 6.62. The maximum absolute atomic E-state index is 12.7. The van der Waals surface area contributed by atoms with Crippen molar-refractivity contribution >= 4 is 29.0 Å². The zero-order valence-electron chi connectivity index (χ0n) is 13.8. The first-order chi connectivity index (χ1) is 11.5. The van der Waals surface area contributed by atoms with Gasteiger partial charge in [-0.2, -0.15) is 0 Å². The number of Topliss-reactive ketones (excluding diaryl/α,β-unsaturated/α-hetero) is 1. The molecule has 3 aliphatic rings. The molecule has 1 atom stereocenters. The van der Waals surface area contributed by atoms with Gasteiger partial charge in [0, 0.05) is 18.7 Å². The summed E-state index contributed by atoms with van der Waals surface area (Å²) in [5.41, 5.74) is 1.40. The molecule has 0 aliphatic carbocycles. The van der Waals surface area contributed by atoms with Crippen LogP contribution in [0.1, 0.15) is 24.2 Å². The van der Waals surface area contributed by atoms with Crippen molar-refractivity contribution in [3.63, 3.8) is 0 Å². The number of benzene rings is 1. The van der Waals surface area contributed by atoms with Crippen LogP contribution in [0.3, 0.4) is 0 Å². The van der Waals surface area contributed by atoms with Crippen LogP contribution in [0.4, 0.5) is 11.4 Å². The largest absolute Gasteiger partial charge is 0.378 e. The van der Waals surface area contributed by atoms with E-state index >= 15 is 0 Å². The van der Waals surface area contributed by atoms with Crippen LogP contribution in [-0.2, 0) is 9.53 Å². The molecular weight excluding hydrogens is 308 g/mol. The zero-order chi connectivity index (χ0) is 16.9. The van der Waals surface area contributed by atoms with Crippen LogP contribution in [0, 0.1) is 0 Å². The molecule has 1 N–H and O–H groups in total. The Kier molecular flexibility index (Phi) is 3.35. The smallest absolute Gasteiger partial charge is 0.252 e. The van der Waals surface area contributed by atoms with E-state index < -0.39 is 5.54 Å². The van der Waals surface area contributed by atoms with Crippen molar-refractivity contribution in [3.05, 3.63) is 23.8 Å². The highest BCUT2D eigenvalue weighted by atomic mass is 16.5. The Morgan fingerprint density at radius 1 is 1.33 bits per heavy atom. The van der Waals surface area contributed by atoms with Crippen LogP contribution in [0.5, 0.6) is 0 Å². The van der Waals surface area contributed by atoms with E-state index in [0.29, 0.717) is 31.0 Å². The van der Waals surface area contributed by atoms with Gasteiger partial charge in [-0.25, -0.2) is 4.99 Å². The van der Waals surface area contributed by atoms with Gasteiger partial charge in [-0.05, 0) is 32.0 Å². The number of aliphatic imine (C=N–C) groups is 1. The molecule has 1 aromatic carbocycles. The quantitative estimate of drug-likeness (QED) is 0.782. The molecule has 126 valence electrons. The molecular formula is C17H20N4O3. The van der Waals surface area contributed by atoms with E-state index in [4.69, 9.17) is 4.74 Å². The highest BCUT2D eigenvalue weighted by Crippen LogP contribution is 2.41. The topological polar surface area (TPSA) is 74.2 Å². The number of hydrogen-bond donors (Lipinski definition) is 1. The van der Waals surface area contributed by atoms with Crippen LogP contribution in [-0.4, -0.2) is 60.9 Å². The monoisotopic (exact) mass is 328 g/mol. The fourth-order valence-corrected chi connectivity index (χ4v) is 3.44. The van der Waals surface area contributed by atoms with Gasteiger partial charge in [0.05, 0.1) is 31.1 Å². The first kappa shape index (κ1) is 15.1. The third kappa shape index (κ3) is 2.11. The highest BCUT2D eigenvalue weighted by Gasteiger charge is 2.51. The summed E-state index contributed by atoms with van der Waals surface area (Å²) < 4.78 is 5.42. The Balaban J connectivity index is 1.81. The van der Waals surface area contributed by atoms with Gasteiger partial charge in [0.1, 0.15) is 5.54 Å². The number of fused-ring (bicyclic) bond motifs is 3. The van der Waals surface area contributed by atoms with E-state index in [1.807, 2.05) is 17.9 Å². The fraction of sp³-hybridized carbons (Fsp3) is 0.471. The number of nitrogens with one attached hydrogen (secondary N) is 1. The lowest BCUT2D eigenvalue weighted by Gasteiger charge is -2.43. The fourth-order valence-electron chi connectivity index (χ4n) is 3.44. The third-order valence-electron chi connectivity index (χ3n) is 4.90. The van der Waals surface area contributed by atoms with Crippen molar-refractivity contribution in [2.24, 2.45) is 4.99 Å². The Morgan fingerprint density at radius 2 is 2.08 bits per heavy atom. The van der Waals surface area contributed by atoms with Gasteiger partial charge >= 0.3 is 0 Å². The Morgan fingerprint density at radius 3 is 2.79 bits per heavy atom. The summed E-state index contributed by atoms with van der Waals surface area (Å²) in [5.74, 6) is 0.718. The SMILES string of the molecule is CC(=O)c1ccc2c(c1)N1C(N3CCOCC3)=NCC1(C)C(=O)N2. The van der Waals surface area contributed by atoms with E-state index in [2.05, 4.69) is 15.2 Å². The van der Waals surface area contributed by atoms with Crippen LogP contribution in [0.25, 0.3) is 0 Å². The van der Waals surface area contributed by atoms with Crippen molar-refractivity contribution in [2.75, 3.05) is 43.1 Å². The Labute approximate surface area is 140 Å². The number of carbonyl (C=O) groups excluding carboxylic acids is 2. The summed E-state index contributed by atoms with van der Waals surface area (Å²) >= 11 is 0. The summed E-state index contributed by atoms with van der Waals surface area (Å²) in [7, 11) is 0. The molecule has 0 bridgehead atoms. The second-order valence-electron chi connectivity index (χ2n) is 6.57. The Hall–Kier alpha value is -2.41. The maximum atomic E-state index is 12.7. The minimum Gasteiger partial charge on any atom is -0.378 e. The molecule has 3 aliphatic heterocycles. The molecule has 3 heterocycles. The average Bonchev–Trinajstić information content (AvgIpc) is 2.95. The number of guanidine groups is 1. The number of ether oxygens (including phenoxy) is 1. The van der Waals surface area contributed by atoms with Crippen molar-refractivity contribution in [1.82, 2.24) is 4.90 Å². The summed E-state index contributed by atoms with van der Waals surface area (Å²) in [6.07, 6.45) is 0. The predicted molar refractivity (Wildman–Crippen MR) is 90.7 cm³/mol. The summed E-state index contributed by atoms with van der Waals surface area (Å²) in [6, 6.07) is 5.38. The van der Waals surface area contributed by atoms with Gasteiger partial charge in [0.25, 0.3) is 5.91 Å². The lowest BCUT2D eigenvalue weighted by atomic mass is 9.94. The number of hydrogen-bond acceptors (Lipinski definition) is 6. The predicted octanol–water partition coefficient (Wildman–Crippen LogP) is 1.11. The van der Waals surface area contributed by atoms with Gasteiger partial charge in [0.15, 0.2) is 5.78 Å². The van der Waals surface area contributed by atoms with Crippen LogP contribution >= 0.6 is 0 Å². The third-order valence-corrected chi connectivity index (χ3v) is 4.90. The first-order valence-electron chi connectivity index (χ1n) is 8.14. The minimum absolute atomic E-state index is 0.000427. The summed E-state index contributed by atoms with van der Waals surface area (Å²) in [5, 5.41) is 2.95. The van der Waals surface area contributed by atoms with Crippen LogP contribution in [0.15, 0.2) is 23.2 Å². The maximum Gasteiger partial charge on any atom is 0.252 e. The molecule has 1 unspecified atom stereocenters. The minimum atomic E-state index is -0.768. The molecule has 1 amide bonds. The van der Waals surface area contributed by atoms with Gasteiger partial charge < -0.3 is 15.0 Å². The number of nitrogens with zero attached hydrogens (tertiary/aromatic N) is 3. The van der Waals surface area contributed by atoms with E-state index in [0.717, 1.165) is 24.7 Å². The van der Waals surface area contributed by atoms with Crippen LogP contribution < -0.4 is 10.2 Å². The van der Waals surface area contributed by atoms with Crippen molar-refractivity contribution in [2.45, 2.75) is 19.4 Å². The molecule has 0 saturated carbocycles. The standard InChI is InChI=1S/C17H20N4O3/c1-11(22)12-3-4-13-14(9-12)21-16(20-5-7-24-8-6-20)18-10-17(21,2)15(23)19-13/h3-4,9H,5-8,10H2,1-2H3,(H,19,23). The van der Waals surface area contributed by atoms with Gasteiger partial charge in [-0.15, -0.1) is 0 Å². The van der Waals surface area contributed by atoms with E-state index in [-0.39, 0.29) is 11.7 Å². The molecule has 0 spiro atoms. The number of anilines is 2. The molecule has 7 heteroatoms. The number of ketones is 1. The lowest BCUT2D eigenvalue weighted by Crippen LogP contribution is -2.62. The van der Waals surface area contributed by atoms with Gasteiger partial charge in [0.2, 0.25) is 5.96 Å². The molecule has 1 fully saturated rings. The lowest BCUT2D eigenvalue weighted by molar-refractivity contribution is -0.120. The van der Waals surface area contributed by atoms with Crippen LogP contribution in [0.2, 0.25) is 0 Å². The molecule has 0 aromatic heterocycles.